The minimum Gasteiger partial charge on any atom is -0.506 e. The number of aryl methyl sites for hydroxylation is 2. The molecule has 0 saturated carbocycles. The summed E-state index contributed by atoms with van der Waals surface area (Å²) >= 11 is 0. The van der Waals surface area contributed by atoms with Crippen molar-refractivity contribution in [1.82, 2.24) is 9.78 Å². The van der Waals surface area contributed by atoms with E-state index in [1.807, 2.05) is 0 Å². The summed E-state index contributed by atoms with van der Waals surface area (Å²) in [4.78, 5) is 32.0. The summed E-state index contributed by atoms with van der Waals surface area (Å²) in [6.07, 6.45) is -0.0815. The van der Waals surface area contributed by atoms with Crippen LogP contribution in [0.15, 0.2) is 24.3 Å². The number of aromatic nitrogens is 2. The molecule has 0 atom stereocenters. The Hall–Kier alpha value is -3.50. The highest BCUT2D eigenvalue weighted by molar-refractivity contribution is 5.92. The van der Waals surface area contributed by atoms with Crippen LogP contribution in [0.5, 0.6) is 5.75 Å². The van der Waals surface area contributed by atoms with Crippen LogP contribution < -0.4 is 5.32 Å². The molecule has 0 unspecified atom stereocenters. The number of benzene rings is 1. The molecule has 0 saturated heterocycles. The van der Waals surface area contributed by atoms with Crippen LogP contribution in [0, 0.1) is 27.2 Å². The third-order valence-corrected chi connectivity index (χ3v) is 3.17. The number of non-ortho nitro benzene ring substituents is 1. The molecule has 0 aliphatic carbocycles. The number of rotatable bonds is 6. The largest absolute Gasteiger partial charge is 0.506 e. The molecule has 0 spiro atoms. The Labute approximate surface area is 134 Å². The molecule has 2 aromatic rings. The smallest absolute Gasteiger partial charge is 0.390 e. The lowest BCUT2D eigenvalue weighted by Crippen LogP contribution is -2.15. The SMILES string of the molecule is Cc1cc([N+](=O)[O-])nn1CCC(=O)Nc1cc([N+](=O)[O-])ccc1O. The number of phenols is 1. The number of nitro benzene ring substituents is 1. The molecule has 0 bridgehead atoms. The van der Waals surface area contributed by atoms with Gasteiger partial charge in [-0.2, -0.15) is 4.68 Å². The molecule has 1 heterocycles. The molecular formula is C13H13N5O6. The van der Waals surface area contributed by atoms with Crippen molar-refractivity contribution >= 4 is 23.1 Å². The second kappa shape index (κ2) is 6.73. The fourth-order valence-electron chi connectivity index (χ4n) is 1.97. The lowest BCUT2D eigenvalue weighted by molar-refractivity contribution is -0.389. The van der Waals surface area contributed by atoms with Crippen LogP contribution in [0.2, 0.25) is 0 Å². The first-order chi connectivity index (χ1) is 11.3. The lowest BCUT2D eigenvalue weighted by atomic mass is 10.2. The van der Waals surface area contributed by atoms with Crippen LogP contribution in [-0.2, 0) is 11.3 Å². The van der Waals surface area contributed by atoms with Crippen LogP contribution in [0.3, 0.4) is 0 Å². The van der Waals surface area contributed by atoms with E-state index in [1.165, 1.54) is 10.7 Å². The normalized spacial score (nSPS) is 10.4. The highest BCUT2D eigenvalue weighted by Crippen LogP contribution is 2.27. The van der Waals surface area contributed by atoms with Gasteiger partial charge in [0, 0.05) is 18.6 Å². The molecule has 2 N–H and O–H groups in total. The first kappa shape index (κ1) is 16.9. The summed E-state index contributed by atoms with van der Waals surface area (Å²) in [5.74, 6) is -1.15. The Balaban J connectivity index is 2.03. The standard InChI is InChI=1S/C13H13N5O6/c1-8-6-12(18(23)24)15-16(8)5-4-13(20)14-10-7-9(17(21)22)2-3-11(10)19/h2-3,6-7,19H,4-5H2,1H3,(H,14,20). The number of anilines is 1. The molecule has 0 radical (unpaired) electrons. The van der Waals surface area contributed by atoms with Gasteiger partial charge in [0.15, 0.2) is 0 Å². The molecule has 24 heavy (non-hydrogen) atoms. The van der Waals surface area contributed by atoms with Gasteiger partial charge in [-0.15, -0.1) is 0 Å². The first-order valence-corrected chi connectivity index (χ1v) is 6.74. The average molecular weight is 335 g/mol. The maximum atomic E-state index is 11.9. The fourth-order valence-corrected chi connectivity index (χ4v) is 1.97. The second-order valence-electron chi connectivity index (χ2n) is 4.88. The van der Waals surface area contributed by atoms with E-state index in [4.69, 9.17) is 0 Å². The molecule has 0 fully saturated rings. The van der Waals surface area contributed by atoms with Crippen molar-refractivity contribution in [2.45, 2.75) is 19.9 Å². The number of hydrogen-bond acceptors (Lipinski definition) is 7. The van der Waals surface area contributed by atoms with Crippen molar-refractivity contribution in [2.24, 2.45) is 0 Å². The molecule has 1 aromatic carbocycles. The number of nitrogens with one attached hydrogen (secondary N) is 1. The van der Waals surface area contributed by atoms with E-state index in [9.17, 15) is 30.1 Å². The van der Waals surface area contributed by atoms with Gasteiger partial charge in [0.2, 0.25) is 5.91 Å². The Kier molecular flexibility index (Phi) is 4.73. The van der Waals surface area contributed by atoms with Gasteiger partial charge in [0.1, 0.15) is 5.75 Å². The van der Waals surface area contributed by atoms with Crippen LogP contribution in [0.25, 0.3) is 0 Å². The van der Waals surface area contributed by atoms with Crippen molar-refractivity contribution in [3.05, 3.63) is 50.2 Å². The summed E-state index contributed by atoms with van der Waals surface area (Å²) in [5.41, 5.74) is 0.159. The van der Waals surface area contributed by atoms with Gasteiger partial charge in [-0.3, -0.25) is 14.9 Å². The Morgan fingerprint density at radius 3 is 2.58 bits per heavy atom. The maximum absolute atomic E-state index is 11.9. The van der Waals surface area contributed by atoms with Crippen molar-refractivity contribution < 1.29 is 19.7 Å². The van der Waals surface area contributed by atoms with Crippen molar-refractivity contribution in [3.63, 3.8) is 0 Å². The summed E-state index contributed by atoms with van der Waals surface area (Å²) < 4.78 is 1.31. The van der Waals surface area contributed by atoms with E-state index in [0.717, 1.165) is 18.2 Å². The third kappa shape index (κ3) is 3.82. The summed E-state index contributed by atoms with van der Waals surface area (Å²) in [7, 11) is 0. The van der Waals surface area contributed by atoms with E-state index in [1.54, 1.807) is 6.92 Å². The van der Waals surface area contributed by atoms with Crippen molar-refractivity contribution in [2.75, 3.05) is 5.32 Å². The molecule has 11 nitrogen and oxygen atoms in total. The topological polar surface area (TPSA) is 153 Å². The Morgan fingerprint density at radius 2 is 2.00 bits per heavy atom. The van der Waals surface area contributed by atoms with Gasteiger partial charge in [-0.25, -0.2) is 0 Å². The first-order valence-electron chi connectivity index (χ1n) is 6.74. The highest BCUT2D eigenvalue weighted by atomic mass is 16.6. The Bertz CT molecular complexity index is 815. The van der Waals surface area contributed by atoms with Crippen LogP contribution >= 0.6 is 0 Å². The summed E-state index contributed by atoms with van der Waals surface area (Å²) in [6, 6.07) is 4.54. The molecule has 126 valence electrons. The van der Waals surface area contributed by atoms with Crippen LogP contribution in [0.4, 0.5) is 17.2 Å². The zero-order chi connectivity index (χ0) is 17.9. The summed E-state index contributed by atoms with van der Waals surface area (Å²) in [5, 5.41) is 37.1. The van der Waals surface area contributed by atoms with E-state index in [2.05, 4.69) is 10.4 Å². The van der Waals surface area contributed by atoms with Gasteiger partial charge in [0.05, 0.1) is 34.0 Å². The number of aromatic hydroxyl groups is 1. The molecule has 1 amide bonds. The van der Waals surface area contributed by atoms with E-state index >= 15 is 0 Å². The zero-order valence-electron chi connectivity index (χ0n) is 12.5. The number of phenolic OH excluding ortho intramolecular Hbond substituents is 1. The zero-order valence-corrected chi connectivity index (χ0v) is 12.5. The molecule has 11 heteroatoms. The second-order valence-corrected chi connectivity index (χ2v) is 4.88. The fraction of sp³-hybridized carbons (Fsp3) is 0.231. The number of amides is 1. The lowest BCUT2D eigenvalue weighted by Gasteiger charge is -2.07. The maximum Gasteiger partial charge on any atom is 0.390 e. The van der Waals surface area contributed by atoms with Gasteiger partial charge in [-0.1, -0.05) is 0 Å². The van der Waals surface area contributed by atoms with Crippen molar-refractivity contribution in [3.8, 4) is 5.75 Å². The van der Waals surface area contributed by atoms with Crippen molar-refractivity contribution in [1.29, 1.82) is 0 Å². The van der Waals surface area contributed by atoms with Crippen LogP contribution in [-0.4, -0.2) is 30.6 Å². The van der Waals surface area contributed by atoms with E-state index in [-0.39, 0.29) is 35.9 Å². The molecular weight excluding hydrogens is 322 g/mol. The number of hydrogen-bond donors (Lipinski definition) is 2. The molecule has 0 aliphatic heterocycles. The predicted octanol–water partition coefficient (Wildman–Crippen LogP) is 1.74. The van der Waals surface area contributed by atoms with Gasteiger partial charge >= 0.3 is 5.82 Å². The van der Waals surface area contributed by atoms with Gasteiger partial charge < -0.3 is 20.5 Å². The molecule has 1 aromatic heterocycles. The predicted molar refractivity (Wildman–Crippen MR) is 81.6 cm³/mol. The minimum atomic E-state index is -0.651. The number of nitro groups is 2. The van der Waals surface area contributed by atoms with E-state index in [0.29, 0.717) is 5.69 Å². The minimum absolute atomic E-state index is 0.0815. The summed E-state index contributed by atoms with van der Waals surface area (Å²) in [6.45, 7) is 1.70. The van der Waals surface area contributed by atoms with Crippen LogP contribution in [0.1, 0.15) is 12.1 Å². The quantitative estimate of drug-likeness (QED) is 0.463. The molecule has 0 aliphatic rings. The van der Waals surface area contributed by atoms with Gasteiger partial charge in [-0.05, 0) is 17.9 Å². The third-order valence-electron chi connectivity index (χ3n) is 3.17. The molecule has 2 rings (SSSR count). The highest BCUT2D eigenvalue weighted by Gasteiger charge is 2.17. The average Bonchev–Trinajstić information content (AvgIpc) is 2.88. The number of carbonyl (C=O) groups is 1. The number of nitrogens with zero attached hydrogens (tertiary/aromatic N) is 4. The van der Waals surface area contributed by atoms with Gasteiger partial charge in [0.25, 0.3) is 5.69 Å². The Morgan fingerprint density at radius 1 is 1.29 bits per heavy atom. The number of carbonyl (C=O) groups excluding carboxylic acids is 1. The monoisotopic (exact) mass is 335 g/mol. The van der Waals surface area contributed by atoms with E-state index < -0.39 is 15.8 Å².